The first-order valence-corrected chi connectivity index (χ1v) is 15.8. The van der Waals surface area contributed by atoms with Crippen molar-refractivity contribution in [3.63, 3.8) is 0 Å². The first-order valence-electron chi connectivity index (χ1n) is 13.5. The lowest BCUT2D eigenvalue weighted by Crippen LogP contribution is -2.53. The highest BCUT2D eigenvalue weighted by Gasteiger charge is 2.34. The van der Waals surface area contributed by atoms with Crippen LogP contribution in [0, 0.1) is 13.8 Å². The van der Waals surface area contributed by atoms with Crippen molar-refractivity contribution in [2.45, 2.75) is 37.8 Å². The molecule has 4 rings (SSSR count). The molecule has 0 spiro atoms. The quantitative estimate of drug-likeness (QED) is 0.228. The van der Waals surface area contributed by atoms with Gasteiger partial charge in [-0.05, 0) is 66.4 Å². The highest BCUT2D eigenvalue weighted by molar-refractivity contribution is 9.10. The molecule has 0 aliphatic carbocycles. The molecular formula is C33H34BrN3O4S. The number of hydrogen-bond donors (Lipinski definition) is 1. The minimum atomic E-state index is -4.13. The van der Waals surface area contributed by atoms with Crippen LogP contribution in [0.1, 0.15) is 22.3 Å². The van der Waals surface area contributed by atoms with E-state index in [9.17, 15) is 18.0 Å². The summed E-state index contributed by atoms with van der Waals surface area (Å²) in [6.07, 6.45) is 0.259. The van der Waals surface area contributed by atoms with Crippen LogP contribution in [0.4, 0.5) is 5.69 Å². The Labute approximate surface area is 256 Å². The average Bonchev–Trinajstić information content (AvgIpc) is 2.99. The van der Waals surface area contributed by atoms with E-state index in [1.54, 1.807) is 30.3 Å². The Morgan fingerprint density at radius 1 is 0.833 bits per heavy atom. The number of nitrogens with zero attached hydrogens (tertiary/aromatic N) is 2. The summed E-state index contributed by atoms with van der Waals surface area (Å²) >= 11 is 3.49. The molecule has 1 atom stereocenters. The summed E-state index contributed by atoms with van der Waals surface area (Å²) in [4.78, 5) is 29.3. The second-order valence-electron chi connectivity index (χ2n) is 10.0. The molecule has 0 saturated heterocycles. The number of anilines is 1. The first-order chi connectivity index (χ1) is 20.1. The van der Waals surface area contributed by atoms with Gasteiger partial charge >= 0.3 is 0 Å². The molecular weight excluding hydrogens is 614 g/mol. The lowest BCUT2D eigenvalue weighted by Gasteiger charge is -2.34. The van der Waals surface area contributed by atoms with Crippen molar-refractivity contribution in [3.8, 4) is 0 Å². The smallest absolute Gasteiger partial charge is 0.264 e. The summed E-state index contributed by atoms with van der Waals surface area (Å²) in [6, 6.07) is 29.5. The first kappa shape index (κ1) is 31.0. The van der Waals surface area contributed by atoms with Crippen LogP contribution in [-0.2, 0) is 32.6 Å². The Kier molecular flexibility index (Phi) is 10.2. The van der Waals surface area contributed by atoms with Gasteiger partial charge in [-0.2, -0.15) is 0 Å². The van der Waals surface area contributed by atoms with Gasteiger partial charge in [-0.3, -0.25) is 13.9 Å². The van der Waals surface area contributed by atoms with E-state index in [0.717, 1.165) is 31.0 Å². The molecule has 7 nitrogen and oxygen atoms in total. The molecule has 1 N–H and O–H groups in total. The van der Waals surface area contributed by atoms with Gasteiger partial charge in [-0.25, -0.2) is 8.42 Å². The van der Waals surface area contributed by atoms with Gasteiger partial charge in [0.05, 0.1) is 10.6 Å². The van der Waals surface area contributed by atoms with Gasteiger partial charge < -0.3 is 10.2 Å². The lowest BCUT2D eigenvalue weighted by atomic mass is 10.0. The minimum absolute atomic E-state index is 0.0735. The number of sulfonamides is 1. The van der Waals surface area contributed by atoms with Crippen molar-refractivity contribution in [2.24, 2.45) is 0 Å². The van der Waals surface area contributed by atoms with E-state index in [0.29, 0.717) is 5.69 Å². The Bertz CT molecular complexity index is 1650. The zero-order chi connectivity index (χ0) is 30.3. The maximum atomic E-state index is 14.4. The van der Waals surface area contributed by atoms with Crippen molar-refractivity contribution in [1.29, 1.82) is 0 Å². The highest BCUT2D eigenvalue weighted by atomic mass is 79.9. The molecule has 0 radical (unpaired) electrons. The average molecular weight is 649 g/mol. The van der Waals surface area contributed by atoms with E-state index in [4.69, 9.17) is 0 Å². The van der Waals surface area contributed by atoms with Gasteiger partial charge in [0.1, 0.15) is 12.6 Å². The van der Waals surface area contributed by atoms with Crippen LogP contribution in [0.25, 0.3) is 0 Å². The third-order valence-electron chi connectivity index (χ3n) is 7.21. The van der Waals surface area contributed by atoms with E-state index in [1.165, 1.54) is 24.1 Å². The van der Waals surface area contributed by atoms with Crippen molar-refractivity contribution >= 4 is 43.5 Å². The molecule has 42 heavy (non-hydrogen) atoms. The number of likely N-dealkylation sites (N-methyl/N-ethyl adjacent to an activating group) is 1. The van der Waals surface area contributed by atoms with Gasteiger partial charge in [0.15, 0.2) is 0 Å². The standard InChI is InChI=1S/C33H34BrN3O4S/c1-24-12-10-19-30(25(24)2)37(42(40,41)29-17-8-5-9-18-29)23-32(38)36(22-27-15-11-16-28(34)20-27)31(33(39)35-3)21-26-13-6-4-7-14-26/h4-20,31H,21-23H2,1-3H3,(H,35,39)/t31-/m1/s1. The van der Waals surface area contributed by atoms with Crippen LogP contribution in [0.2, 0.25) is 0 Å². The monoisotopic (exact) mass is 647 g/mol. The molecule has 0 aliphatic rings. The summed E-state index contributed by atoms with van der Waals surface area (Å²) < 4.78 is 30.1. The van der Waals surface area contributed by atoms with Gasteiger partial charge in [0, 0.05) is 24.5 Å². The number of aryl methyl sites for hydroxylation is 1. The van der Waals surface area contributed by atoms with Crippen molar-refractivity contribution in [2.75, 3.05) is 17.9 Å². The Balaban J connectivity index is 1.81. The van der Waals surface area contributed by atoms with Crippen molar-refractivity contribution in [3.05, 3.63) is 130 Å². The Morgan fingerprint density at radius 2 is 1.45 bits per heavy atom. The Morgan fingerprint density at radius 3 is 2.10 bits per heavy atom. The van der Waals surface area contributed by atoms with E-state index in [1.807, 2.05) is 74.5 Å². The molecule has 218 valence electrons. The number of hydrogen-bond acceptors (Lipinski definition) is 4. The van der Waals surface area contributed by atoms with Crippen LogP contribution in [0.15, 0.2) is 112 Å². The van der Waals surface area contributed by atoms with E-state index < -0.39 is 28.5 Å². The van der Waals surface area contributed by atoms with Crippen molar-refractivity contribution < 1.29 is 18.0 Å². The number of nitrogens with one attached hydrogen (secondary N) is 1. The predicted octanol–water partition coefficient (Wildman–Crippen LogP) is 5.65. The molecule has 4 aromatic rings. The minimum Gasteiger partial charge on any atom is -0.357 e. The molecule has 9 heteroatoms. The third kappa shape index (κ3) is 7.27. The number of rotatable bonds is 11. The fourth-order valence-corrected chi connectivity index (χ4v) is 6.73. The molecule has 0 unspecified atom stereocenters. The number of carbonyl (C=O) groups excluding carboxylic acids is 2. The summed E-state index contributed by atoms with van der Waals surface area (Å²) in [7, 11) is -2.60. The molecule has 0 fully saturated rings. The van der Waals surface area contributed by atoms with E-state index >= 15 is 0 Å². The van der Waals surface area contributed by atoms with Crippen molar-refractivity contribution in [1.82, 2.24) is 10.2 Å². The highest BCUT2D eigenvalue weighted by Crippen LogP contribution is 2.29. The number of benzene rings is 4. The van der Waals surface area contributed by atoms with Gasteiger partial charge in [0.2, 0.25) is 11.8 Å². The third-order valence-corrected chi connectivity index (χ3v) is 9.48. The van der Waals surface area contributed by atoms with Gasteiger partial charge in [0.25, 0.3) is 10.0 Å². The second-order valence-corrected chi connectivity index (χ2v) is 12.8. The zero-order valence-corrected chi connectivity index (χ0v) is 26.2. The van der Waals surface area contributed by atoms with E-state index in [-0.39, 0.29) is 23.8 Å². The lowest BCUT2D eigenvalue weighted by molar-refractivity contribution is -0.139. The topological polar surface area (TPSA) is 86.8 Å². The molecule has 0 bridgehead atoms. The van der Waals surface area contributed by atoms with Gasteiger partial charge in [-0.15, -0.1) is 0 Å². The molecule has 2 amide bonds. The molecule has 0 aromatic heterocycles. The van der Waals surface area contributed by atoms with E-state index in [2.05, 4.69) is 21.2 Å². The molecule has 4 aromatic carbocycles. The summed E-state index contributed by atoms with van der Waals surface area (Å²) in [6.45, 7) is 3.35. The summed E-state index contributed by atoms with van der Waals surface area (Å²) in [5.74, 6) is -0.841. The fraction of sp³-hybridized carbons (Fsp3) is 0.212. The Hall–Kier alpha value is -3.95. The molecule has 0 saturated carbocycles. The van der Waals surface area contributed by atoms with Crippen LogP contribution in [-0.4, -0.2) is 44.8 Å². The number of halogens is 1. The van der Waals surface area contributed by atoms with Crippen LogP contribution in [0.3, 0.4) is 0 Å². The number of carbonyl (C=O) groups is 2. The molecule has 0 aliphatic heterocycles. The zero-order valence-electron chi connectivity index (χ0n) is 23.8. The normalized spacial score (nSPS) is 11.9. The molecule has 0 heterocycles. The van der Waals surface area contributed by atoms with Crippen LogP contribution >= 0.6 is 15.9 Å². The fourth-order valence-electron chi connectivity index (χ4n) is 4.79. The summed E-state index contributed by atoms with van der Waals surface area (Å²) in [5, 5.41) is 2.70. The van der Waals surface area contributed by atoms with Crippen LogP contribution < -0.4 is 9.62 Å². The second kappa shape index (κ2) is 13.8. The summed E-state index contributed by atoms with van der Waals surface area (Å²) in [5.41, 5.74) is 3.72. The SMILES string of the molecule is CNC(=O)[C@@H](Cc1ccccc1)N(Cc1cccc(Br)c1)C(=O)CN(c1cccc(C)c1C)S(=O)(=O)c1ccccc1. The largest absolute Gasteiger partial charge is 0.357 e. The number of amides is 2. The maximum Gasteiger partial charge on any atom is 0.264 e. The predicted molar refractivity (Wildman–Crippen MR) is 170 cm³/mol. The van der Waals surface area contributed by atoms with Crippen LogP contribution in [0.5, 0.6) is 0 Å². The van der Waals surface area contributed by atoms with Gasteiger partial charge in [-0.1, -0.05) is 88.7 Å². The maximum absolute atomic E-state index is 14.4.